The molecular formula is C34H30N2O5. The van der Waals surface area contributed by atoms with Crippen LogP contribution in [0.4, 0.5) is 10.5 Å². The van der Waals surface area contributed by atoms with E-state index >= 15 is 0 Å². The van der Waals surface area contributed by atoms with E-state index in [0.717, 1.165) is 27.8 Å². The van der Waals surface area contributed by atoms with Crippen molar-refractivity contribution < 1.29 is 24.2 Å². The molecule has 4 aromatic rings. The molecule has 2 N–H and O–H groups in total. The number of carboxylic acid groups (broad SMARTS) is 1. The number of benzene rings is 4. The number of carbonyl (C=O) groups excluding carboxylic acids is 2. The lowest BCUT2D eigenvalue weighted by Gasteiger charge is -2.20. The molecule has 0 radical (unpaired) electrons. The van der Waals surface area contributed by atoms with Gasteiger partial charge in [-0.15, -0.1) is 0 Å². The SMILES string of the molecule is O=C(O)CCN(Cc1ccccc1)C(=O)/C=C/c1cccc(NC(=O)OCC2c3ccccc3-c3ccccc32)c1. The molecule has 1 aliphatic carbocycles. The topological polar surface area (TPSA) is 95.9 Å². The van der Waals surface area contributed by atoms with Crippen molar-refractivity contribution in [1.82, 2.24) is 4.90 Å². The average molecular weight is 547 g/mol. The number of hydrogen-bond acceptors (Lipinski definition) is 4. The first-order chi connectivity index (χ1) is 20.0. The van der Waals surface area contributed by atoms with Crippen LogP contribution < -0.4 is 5.32 Å². The van der Waals surface area contributed by atoms with Crippen LogP contribution in [0.3, 0.4) is 0 Å². The molecule has 5 rings (SSSR count). The monoisotopic (exact) mass is 546 g/mol. The second-order valence-corrected chi connectivity index (χ2v) is 9.80. The zero-order chi connectivity index (χ0) is 28.6. The highest BCUT2D eigenvalue weighted by Gasteiger charge is 2.29. The van der Waals surface area contributed by atoms with Crippen molar-refractivity contribution in [1.29, 1.82) is 0 Å². The van der Waals surface area contributed by atoms with Crippen molar-refractivity contribution in [3.8, 4) is 11.1 Å². The van der Waals surface area contributed by atoms with Gasteiger partial charge in [0.05, 0.1) is 6.42 Å². The Kier molecular flexibility index (Phi) is 8.55. The van der Waals surface area contributed by atoms with Crippen LogP contribution in [-0.2, 0) is 20.9 Å². The summed E-state index contributed by atoms with van der Waals surface area (Å²) in [7, 11) is 0. The van der Waals surface area contributed by atoms with Gasteiger partial charge in [0.1, 0.15) is 6.61 Å². The van der Waals surface area contributed by atoms with Gasteiger partial charge >= 0.3 is 12.1 Å². The predicted octanol–water partition coefficient (Wildman–Crippen LogP) is 6.56. The molecule has 7 heteroatoms. The largest absolute Gasteiger partial charge is 0.481 e. The first kappa shape index (κ1) is 27.4. The van der Waals surface area contributed by atoms with Gasteiger partial charge in [-0.25, -0.2) is 4.79 Å². The summed E-state index contributed by atoms with van der Waals surface area (Å²) in [6.07, 6.45) is 2.35. The van der Waals surface area contributed by atoms with E-state index in [1.807, 2.05) is 60.7 Å². The molecule has 0 bridgehead atoms. The summed E-state index contributed by atoms with van der Waals surface area (Å²) >= 11 is 0. The number of nitrogens with one attached hydrogen (secondary N) is 1. The molecule has 0 saturated heterocycles. The van der Waals surface area contributed by atoms with Crippen LogP contribution in [0.15, 0.2) is 109 Å². The van der Waals surface area contributed by atoms with E-state index in [0.29, 0.717) is 17.8 Å². The molecule has 1 aliphatic rings. The third-order valence-electron chi connectivity index (χ3n) is 7.02. The average Bonchev–Trinajstić information content (AvgIpc) is 3.31. The van der Waals surface area contributed by atoms with Gasteiger partial charge in [-0.1, -0.05) is 91.0 Å². The number of hydrogen-bond donors (Lipinski definition) is 2. The van der Waals surface area contributed by atoms with Crippen molar-refractivity contribution >= 4 is 29.7 Å². The standard InChI is InChI=1S/C34H30N2O5/c37-32(36(20-19-33(38)39)22-25-9-2-1-3-10-25)18-17-24-11-8-12-26(21-24)35-34(40)41-23-31-29-15-6-4-13-27(29)28-14-5-7-16-30(28)31/h1-18,21,31H,19-20,22-23H2,(H,35,40)(H,38,39)/b18-17+. The molecule has 0 aliphatic heterocycles. The molecule has 4 aromatic carbocycles. The van der Waals surface area contributed by atoms with E-state index in [1.165, 1.54) is 11.0 Å². The highest BCUT2D eigenvalue weighted by molar-refractivity contribution is 5.92. The Labute approximate surface area is 238 Å². The minimum absolute atomic E-state index is 0.0339. The third-order valence-corrected chi connectivity index (χ3v) is 7.02. The van der Waals surface area contributed by atoms with Crippen molar-refractivity contribution in [2.75, 3.05) is 18.5 Å². The molecule has 0 saturated carbocycles. The minimum Gasteiger partial charge on any atom is -0.481 e. The molecule has 0 aromatic heterocycles. The lowest BCUT2D eigenvalue weighted by molar-refractivity contribution is -0.138. The first-order valence-electron chi connectivity index (χ1n) is 13.4. The normalized spacial score (nSPS) is 12.0. The first-order valence-corrected chi connectivity index (χ1v) is 13.4. The van der Waals surface area contributed by atoms with Crippen LogP contribution in [0.5, 0.6) is 0 Å². The fourth-order valence-corrected chi connectivity index (χ4v) is 5.05. The summed E-state index contributed by atoms with van der Waals surface area (Å²) < 4.78 is 5.64. The fourth-order valence-electron chi connectivity index (χ4n) is 5.05. The number of carbonyl (C=O) groups is 3. The van der Waals surface area contributed by atoms with Crippen LogP contribution in [0, 0.1) is 0 Å². The van der Waals surface area contributed by atoms with E-state index in [4.69, 9.17) is 9.84 Å². The van der Waals surface area contributed by atoms with E-state index in [-0.39, 0.29) is 31.4 Å². The van der Waals surface area contributed by atoms with Gasteiger partial charge < -0.3 is 14.7 Å². The molecule has 0 spiro atoms. The summed E-state index contributed by atoms with van der Waals surface area (Å²) in [6, 6.07) is 32.8. The van der Waals surface area contributed by atoms with Crippen LogP contribution in [0.2, 0.25) is 0 Å². The van der Waals surface area contributed by atoms with Crippen LogP contribution in [0.1, 0.15) is 34.6 Å². The highest BCUT2D eigenvalue weighted by Crippen LogP contribution is 2.44. The number of aliphatic carboxylic acids is 1. The Balaban J connectivity index is 1.20. The number of ether oxygens (including phenoxy) is 1. The Bertz CT molecular complexity index is 1540. The number of carboxylic acids is 1. The zero-order valence-electron chi connectivity index (χ0n) is 22.4. The molecule has 0 unspecified atom stereocenters. The van der Waals surface area contributed by atoms with E-state index in [1.54, 1.807) is 24.3 Å². The Morgan fingerprint density at radius 2 is 1.49 bits per heavy atom. The molecule has 7 nitrogen and oxygen atoms in total. The number of anilines is 1. The predicted molar refractivity (Wildman–Crippen MR) is 158 cm³/mol. The van der Waals surface area contributed by atoms with Gasteiger partial charge in [-0.05, 0) is 51.6 Å². The van der Waals surface area contributed by atoms with Crippen LogP contribution in [0.25, 0.3) is 17.2 Å². The maximum atomic E-state index is 12.9. The molecule has 0 atom stereocenters. The Hall–Kier alpha value is -5.17. The minimum atomic E-state index is -0.966. The molecule has 0 fully saturated rings. The second-order valence-electron chi connectivity index (χ2n) is 9.80. The van der Waals surface area contributed by atoms with Gasteiger partial charge in [0.15, 0.2) is 0 Å². The molecule has 0 heterocycles. The van der Waals surface area contributed by atoms with E-state index in [2.05, 4.69) is 29.6 Å². The van der Waals surface area contributed by atoms with Crippen molar-refractivity contribution in [3.05, 3.63) is 131 Å². The van der Waals surface area contributed by atoms with Crippen molar-refractivity contribution in [3.63, 3.8) is 0 Å². The number of nitrogens with zero attached hydrogens (tertiary/aromatic N) is 1. The number of fused-ring (bicyclic) bond motifs is 3. The Morgan fingerprint density at radius 1 is 0.829 bits per heavy atom. The third kappa shape index (κ3) is 6.89. The second kappa shape index (κ2) is 12.8. The number of rotatable bonds is 10. The smallest absolute Gasteiger partial charge is 0.411 e. The van der Waals surface area contributed by atoms with Gasteiger partial charge in [-0.3, -0.25) is 14.9 Å². The molecule has 206 valence electrons. The fraction of sp³-hybridized carbons (Fsp3) is 0.147. The van der Waals surface area contributed by atoms with Crippen LogP contribution >= 0.6 is 0 Å². The maximum Gasteiger partial charge on any atom is 0.411 e. The highest BCUT2D eigenvalue weighted by atomic mass is 16.5. The van der Waals surface area contributed by atoms with Gasteiger partial charge in [0.2, 0.25) is 5.91 Å². The maximum absolute atomic E-state index is 12.9. The lowest BCUT2D eigenvalue weighted by Crippen LogP contribution is -2.31. The van der Waals surface area contributed by atoms with Crippen LogP contribution in [-0.4, -0.2) is 41.1 Å². The van der Waals surface area contributed by atoms with E-state index in [9.17, 15) is 14.4 Å². The molecular weight excluding hydrogens is 516 g/mol. The van der Waals surface area contributed by atoms with Gasteiger partial charge in [-0.2, -0.15) is 0 Å². The van der Waals surface area contributed by atoms with E-state index < -0.39 is 12.1 Å². The number of amides is 2. The van der Waals surface area contributed by atoms with Gasteiger partial charge in [0.25, 0.3) is 0 Å². The van der Waals surface area contributed by atoms with Gasteiger partial charge in [0, 0.05) is 30.8 Å². The molecule has 41 heavy (non-hydrogen) atoms. The summed E-state index contributed by atoms with van der Waals surface area (Å²) in [5, 5.41) is 11.9. The Morgan fingerprint density at radius 3 is 2.17 bits per heavy atom. The van der Waals surface area contributed by atoms with Crippen molar-refractivity contribution in [2.24, 2.45) is 0 Å². The summed E-state index contributed by atoms with van der Waals surface area (Å²) in [5.74, 6) is -1.30. The van der Waals surface area contributed by atoms with Crippen molar-refractivity contribution in [2.45, 2.75) is 18.9 Å². The summed E-state index contributed by atoms with van der Waals surface area (Å²) in [4.78, 5) is 38.3. The summed E-state index contributed by atoms with van der Waals surface area (Å²) in [5.41, 5.74) is 6.75. The lowest BCUT2D eigenvalue weighted by atomic mass is 9.98. The summed E-state index contributed by atoms with van der Waals surface area (Å²) in [6.45, 7) is 0.610. The zero-order valence-corrected chi connectivity index (χ0v) is 22.4. The quantitative estimate of drug-likeness (QED) is 0.220. The molecule has 2 amide bonds.